The molecular weight excluding hydrogens is 200 g/mol. The van der Waals surface area contributed by atoms with Crippen molar-refractivity contribution in [2.75, 3.05) is 31.1 Å². The van der Waals surface area contributed by atoms with Crippen LogP contribution in [0.15, 0.2) is 0 Å². The highest BCUT2D eigenvalue weighted by Crippen LogP contribution is 2.31. The number of rotatable bonds is 2. The van der Waals surface area contributed by atoms with E-state index in [-0.39, 0.29) is 0 Å². The molecule has 2 unspecified atom stereocenters. The van der Waals surface area contributed by atoms with Gasteiger partial charge >= 0.3 is 0 Å². The fraction of sp³-hybridized carbons (Fsp3) is 1.00. The molecule has 0 spiro atoms. The van der Waals surface area contributed by atoms with Gasteiger partial charge in [-0.1, -0.05) is 0 Å². The number of nitrogens with zero attached hydrogens (tertiary/aromatic N) is 1. The Bertz CT molecular complexity index is 286. The largest absolute Gasteiger partial charge is 0.330 e. The van der Waals surface area contributed by atoms with Crippen molar-refractivity contribution < 1.29 is 8.42 Å². The maximum Gasteiger partial charge on any atom is 0.152 e. The molecule has 0 radical (unpaired) electrons. The second-order valence-corrected chi connectivity index (χ2v) is 6.63. The van der Waals surface area contributed by atoms with Crippen molar-refractivity contribution in [3.63, 3.8) is 0 Å². The minimum absolute atomic E-state index is 0.334. The Balaban J connectivity index is 1.89. The first kappa shape index (κ1) is 10.4. The Morgan fingerprint density at radius 1 is 1.21 bits per heavy atom. The van der Waals surface area contributed by atoms with Crippen LogP contribution in [0.4, 0.5) is 0 Å². The van der Waals surface area contributed by atoms with Crippen LogP contribution in [-0.4, -0.2) is 50.5 Å². The SMILES string of the molecule is NCC1CCC1N1CCS(=O)(=O)CC1. The third-order valence-corrected chi connectivity index (χ3v) is 5.14. The van der Waals surface area contributed by atoms with E-state index < -0.39 is 9.84 Å². The van der Waals surface area contributed by atoms with E-state index in [0.717, 1.165) is 6.54 Å². The van der Waals surface area contributed by atoms with Gasteiger partial charge in [0.05, 0.1) is 11.5 Å². The molecule has 82 valence electrons. The molecule has 2 fully saturated rings. The van der Waals surface area contributed by atoms with Crippen LogP contribution < -0.4 is 5.73 Å². The standard InChI is InChI=1S/C9H18N2O2S/c10-7-8-1-2-9(8)11-3-5-14(12,13)6-4-11/h8-9H,1-7,10H2. The fourth-order valence-corrected chi connectivity index (χ4v) is 3.59. The summed E-state index contributed by atoms with van der Waals surface area (Å²) in [7, 11) is -2.73. The van der Waals surface area contributed by atoms with Crippen LogP contribution in [0.1, 0.15) is 12.8 Å². The first-order valence-corrected chi connectivity index (χ1v) is 7.09. The molecule has 0 amide bonds. The lowest BCUT2D eigenvalue weighted by Crippen LogP contribution is -2.54. The van der Waals surface area contributed by atoms with E-state index in [2.05, 4.69) is 4.90 Å². The van der Waals surface area contributed by atoms with Gasteiger partial charge in [-0.15, -0.1) is 0 Å². The van der Waals surface area contributed by atoms with Crippen LogP contribution in [0.25, 0.3) is 0 Å². The van der Waals surface area contributed by atoms with E-state index in [1.807, 2.05) is 0 Å². The summed E-state index contributed by atoms with van der Waals surface area (Å²) < 4.78 is 22.4. The van der Waals surface area contributed by atoms with Crippen LogP contribution in [0, 0.1) is 5.92 Å². The van der Waals surface area contributed by atoms with E-state index in [9.17, 15) is 8.42 Å². The van der Waals surface area contributed by atoms with Gasteiger partial charge < -0.3 is 5.73 Å². The third-order valence-electron chi connectivity index (χ3n) is 3.53. The molecule has 5 heteroatoms. The van der Waals surface area contributed by atoms with Crippen LogP contribution in [-0.2, 0) is 9.84 Å². The summed E-state index contributed by atoms with van der Waals surface area (Å²) in [6.45, 7) is 2.17. The van der Waals surface area contributed by atoms with E-state index in [1.54, 1.807) is 0 Å². The fourth-order valence-electron chi connectivity index (χ4n) is 2.37. The molecule has 2 N–H and O–H groups in total. The zero-order valence-electron chi connectivity index (χ0n) is 8.35. The Hall–Kier alpha value is -0.130. The summed E-state index contributed by atoms with van der Waals surface area (Å²) in [6.07, 6.45) is 2.41. The van der Waals surface area contributed by atoms with E-state index >= 15 is 0 Å². The van der Waals surface area contributed by atoms with Gasteiger partial charge in [0.15, 0.2) is 9.84 Å². The third kappa shape index (κ3) is 1.94. The highest BCUT2D eigenvalue weighted by atomic mass is 32.2. The monoisotopic (exact) mass is 218 g/mol. The van der Waals surface area contributed by atoms with Crippen LogP contribution in [0.2, 0.25) is 0 Å². The molecule has 0 aromatic heterocycles. The second kappa shape index (κ2) is 3.79. The van der Waals surface area contributed by atoms with Crippen LogP contribution in [0.5, 0.6) is 0 Å². The Morgan fingerprint density at radius 3 is 2.29 bits per heavy atom. The van der Waals surface area contributed by atoms with Crippen molar-refractivity contribution in [2.45, 2.75) is 18.9 Å². The van der Waals surface area contributed by atoms with Crippen molar-refractivity contribution in [2.24, 2.45) is 11.7 Å². The lowest BCUT2D eigenvalue weighted by Gasteiger charge is -2.45. The quantitative estimate of drug-likeness (QED) is 0.676. The van der Waals surface area contributed by atoms with E-state index in [0.29, 0.717) is 36.6 Å². The molecule has 14 heavy (non-hydrogen) atoms. The topological polar surface area (TPSA) is 63.4 Å². The summed E-state index contributed by atoms with van der Waals surface area (Å²) in [4.78, 5) is 2.31. The Labute approximate surface area is 85.4 Å². The van der Waals surface area contributed by atoms with E-state index in [4.69, 9.17) is 5.73 Å². The minimum atomic E-state index is -2.73. The predicted octanol–water partition coefficient (Wildman–Crippen LogP) is -0.546. The van der Waals surface area contributed by atoms with Crippen molar-refractivity contribution >= 4 is 9.84 Å². The molecule has 2 rings (SSSR count). The van der Waals surface area contributed by atoms with Crippen molar-refractivity contribution in [1.82, 2.24) is 4.90 Å². The molecule has 0 aromatic carbocycles. The average Bonchev–Trinajstić information content (AvgIpc) is 2.07. The molecule has 1 aliphatic heterocycles. The second-order valence-electron chi connectivity index (χ2n) is 4.33. The first-order chi connectivity index (χ1) is 6.62. The zero-order valence-corrected chi connectivity index (χ0v) is 9.17. The zero-order chi connectivity index (χ0) is 10.2. The summed E-state index contributed by atoms with van der Waals surface area (Å²) in [5.41, 5.74) is 5.64. The highest BCUT2D eigenvalue weighted by molar-refractivity contribution is 7.91. The summed E-state index contributed by atoms with van der Waals surface area (Å²) in [5, 5.41) is 0. The van der Waals surface area contributed by atoms with Crippen LogP contribution in [0.3, 0.4) is 0 Å². The maximum absolute atomic E-state index is 11.2. The molecule has 2 atom stereocenters. The Kier molecular flexibility index (Phi) is 2.81. The molecule has 0 bridgehead atoms. The number of sulfone groups is 1. The van der Waals surface area contributed by atoms with Gasteiger partial charge in [-0.2, -0.15) is 0 Å². The first-order valence-electron chi connectivity index (χ1n) is 5.27. The van der Waals surface area contributed by atoms with Gasteiger partial charge in [-0.05, 0) is 25.3 Å². The summed E-state index contributed by atoms with van der Waals surface area (Å²) >= 11 is 0. The Morgan fingerprint density at radius 2 is 1.86 bits per heavy atom. The van der Waals surface area contributed by atoms with Crippen molar-refractivity contribution in [1.29, 1.82) is 0 Å². The molecule has 0 aromatic rings. The number of hydrogen-bond donors (Lipinski definition) is 1. The van der Waals surface area contributed by atoms with Crippen molar-refractivity contribution in [3.8, 4) is 0 Å². The van der Waals surface area contributed by atoms with Gasteiger partial charge in [0, 0.05) is 19.1 Å². The number of hydrogen-bond acceptors (Lipinski definition) is 4. The predicted molar refractivity (Wildman–Crippen MR) is 55.8 cm³/mol. The molecule has 1 saturated carbocycles. The van der Waals surface area contributed by atoms with Gasteiger partial charge in [-0.25, -0.2) is 8.42 Å². The lowest BCUT2D eigenvalue weighted by atomic mass is 9.78. The number of nitrogens with two attached hydrogens (primary N) is 1. The van der Waals surface area contributed by atoms with Gasteiger partial charge in [0.1, 0.15) is 0 Å². The minimum Gasteiger partial charge on any atom is -0.330 e. The highest BCUT2D eigenvalue weighted by Gasteiger charge is 2.36. The molecule has 1 saturated heterocycles. The molecule has 1 heterocycles. The van der Waals surface area contributed by atoms with Crippen LogP contribution >= 0.6 is 0 Å². The molecular formula is C9H18N2O2S. The lowest BCUT2D eigenvalue weighted by molar-refractivity contribution is 0.0742. The molecule has 1 aliphatic carbocycles. The maximum atomic E-state index is 11.2. The van der Waals surface area contributed by atoms with E-state index in [1.165, 1.54) is 12.8 Å². The summed E-state index contributed by atoms with van der Waals surface area (Å²) in [6, 6.07) is 0.565. The van der Waals surface area contributed by atoms with Crippen molar-refractivity contribution in [3.05, 3.63) is 0 Å². The molecule has 4 nitrogen and oxygen atoms in total. The normalized spacial score (nSPS) is 37.8. The van der Waals surface area contributed by atoms with Gasteiger partial charge in [-0.3, -0.25) is 4.90 Å². The molecule has 2 aliphatic rings. The average molecular weight is 218 g/mol. The smallest absolute Gasteiger partial charge is 0.152 e. The van der Waals surface area contributed by atoms with Gasteiger partial charge in [0.25, 0.3) is 0 Å². The summed E-state index contributed by atoms with van der Waals surface area (Å²) in [5.74, 6) is 1.28. The van der Waals surface area contributed by atoms with Gasteiger partial charge in [0.2, 0.25) is 0 Å².